The van der Waals surface area contributed by atoms with Gasteiger partial charge in [0.15, 0.2) is 6.10 Å². The van der Waals surface area contributed by atoms with Gasteiger partial charge in [-0.1, -0.05) is 127 Å². The van der Waals surface area contributed by atoms with Gasteiger partial charge in [-0.05, 0) is 64.2 Å². The average Bonchev–Trinajstić information content (AvgIpc) is 3.12. The van der Waals surface area contributed by atoms with Gasteiger partial charge in [0.2, 0.25) is 0 Å². The van der Waals surface area contributed by atoms with E-state index in [9.17, 15) is 24.2 Å². The molecule has 0 bridgehead atoms. The number of unbranched alkanes of at least 4 members (excludes halogenated alkanes) is 17. The lowest BCUT2D eigenvalue weighted by atomic mass is 10.1. The molecule has 0 fully saturated rings. The number of aliphatic hydroxyl groups excluding tert-OH is 2. The van der Waals surface area contributed by atoms with Gasteiger partial charge in [-0.15, -0.1) is 0 Å². The topological polar surface area (TPSA) is 149 Å². The Kier molecular flexibility index (Phi) is 35.2. The highest BCUT2D eigenvalue weighted by atomic mass is 31.2. The molecular weight excluding hydrogens is 671 g/mol. The molecule has 3 N–H and O–H groups in total. The monoisotopic (exact) mass is 744 g/mol. The fraction of sp³-hybridized carbons (Fsp3) is 0.800. The molecule has 0 aromatic heterocycles. The first-order chi connectivity index (χ1) is 24.7. The Morgan fingerprint density at radius 3 is 1.59 bits per heavy atom. The molecule has 1 unspecified atom stereocenters. The Bertz CT molecular complexity index is 952. The van der Waals surface area contributed by atoms with Crippen molar-refractivity contribution < 1.29 is 47.8 Å². The molecule has 51 heavy (non-hydrogen) atoms. The zero-order chi connectivity index (χ0) is 37.7. The number of allylic oxidation sites excluding steroid dienone is 6. The summed E-state index contributed by atoms with van der Waals surface area (Å²) in [7, 11) is -4.62. The van der Waals surface area contributed by atoms with Crippen LogP contribution in [0.4, 0.5) is 0 Å². The third-order valence-corrected chi connectivity index (χ3v) is 9.22. The zero-order valence-electron chi connectivity index (χ0n) is 32.1. The first-order valence-corrected chi connectivity index (χ1v) is 21.4. The molecule has 10 nitrogen and oxygen atoms in total. The predicted molar refractivity (Wildman–Crippen MR) is 205 cm³/mol. The van der Waals surface area contributed by atoms with Crippen molar-refractivity contribution in [2.24, 2.45) is 0 Å². The minimum absolute atomic E-state index is 0.166. The van der Waals surface area contributed by atoms with Gasteiger partial charge in [-0.25, -0.2) is 4.57 Å². The molecule has 0 aromatic rings. The van der Waals surface area contributed by atoms with Gasteiger partial charge in [0.1, 0.15) is 12.7 Å². The molecule has 0 aliphatic heterocycles. The van der Waals surface area contributed by atoms with Crippen molar-refractivity contribution in [2.75, 3.05) is 26.4 Å². The smallest absolute Gasteiger partial charge is 0.462 e. The highest BCUT2D eigenvalue weighted by Crippen LogP contribution is 2.43. The van der Waals surface area contributed by atoms with Crippen molar-refractivity contribution in [3.05, 3.63) is 36.5 Å². The molecule has 11 heteroatoms. The van der Waals surface area contributed by atoms with Gasteiger partial charge >= 0.3 is 19.8 Å². The van der Waals surface area contributed by atoms with Crippen LogP contribution in [0.2, 0.25) is 0 Å². The van der Waals surface area contributed by atoms with Gasteiger partial charge in [0.25, 0.3) is 0 Å². The van der Waals surface area contributed by atoms with Crippen LogP contribution in [-0.4, -0.2) is 65.7 Å². The van der Waals surface area contributed by atoms with Gasteiger partial charge in [-0.2, -0.15) is 0 Å². The fourth-order valence-electron chi connectivity index (χ4n) is 5.12. The van der Waals surface area contributed by atoms with E-state index in [0.717, 1.165) is 83.5 Å². The summed E-state index contributed by atoms with van der Waals surface area (Å²) in [6.07, 6.45) is 35.4. The van der Waals surface area contributed by atoms with Crippen LogP contribution in [0.5, 0.6) is 0 Å². The van der Waals surface area contributed by atoms with Crippen LogP contribution < -0.4 is 0 Å². The fourth-order valence-corrected chi connectivity index (χ4v) is 5.91. The molecule has 0 aliphatic carbocycles. The summed E-state index contributed by atoms with van der Waals surface area (Å²) in [6, 6.07) is 0. The largest absolute Gasteiger partial charge is 0.472 e. The lowest BCUT2D eigenvalue weighted by Gasteiger charge is -2.20. The molecule has 0 saturated carbocycles. The molecule has 0 radical (unpaired) electrons. The molecule has 0 rings (SSSR count). The molecule has 3 atom stereocenters. The lowest BCUT2D eigenvalue weighted by molar-refractivity contribution is -0.161. The first kappa shape index (κ1) is 49.2. The Morgan fingerprint density at radius 1 is 0.588 bits per heavy atom. The summed E-state index contributed by atoms with van der Waals surface area (Å²) in [6.45, 7) is 2.29. The van der Waals surface area contributed by atoms with Crippen LogP contribution in [0.3, 0.4) is 0 Å². The SMILES string of the molecule is CCCC/C=C/C/C=C/CCCCCCCC(=O)O[C@H](COC(=O)CCCCCCC/C=C/CCCCCCC)COP(=O)(O)OC[C@@H](O)CO. The Labute approximate surface area is 310 Å². The first-order valence-electron chi connectivity index (χ1n) is 19.9. The Morgan fingerprint density at radius 2 is 1.04 bits per heavy atom. The molecule has 298 valence electrons. The molecule has 0 aliphatic rings. The van der Waals surface area contributed by atoms with Crippen LogP contribution >= 0.6 is 7.82 Å². The molecule has 0 amide bonds. The van der Waals surface area contributed by atoms with Crippen molar-refractivity contribution in [1.29, 1.82) is 0 Å². The van der Waals surface area contributed by atoms with Crippen LogP contribution in [0.1, 0.15) is 168 Å². The second-order valence-corrected chi connectivity index (χ2v) is 14.8. The second-order valence-electron chi connectivity index (χ2n) is 13.3. The number of hydrogen-bond acceptors (Lipinski definition) is 9. The Balaban J connectivity index is 4.39. The number of esters is 2. The van der Waals surface area contributed by atoms with E-state index in [-0.39, 0.29) is 19.4 Å². The van der Waals surface area contributed by atoms with Crippen LogP contribution in [0, 0.1) is 0 Å². The third kappa shape index (κ3) is 36.3. The molecule has 0 saturated heterocycles. The van der Waals surface area contributed by atoms with E-state index in [1.165, 1.54) is 44.9 Å². The number of phosphoric acid groups is 1. The van der Waals surface area contributed by atoms with Gasteiger partial charge in [-0.3, -0.25) is 18.6 Å². The third-order valence-electron chi connectivity index (χ3n) is 8.27. The van der Waals surface area contributed by atoms with Gasteiger partial charge < -0.3 is 24.6 Å². The quantitative estimate of drug-likeness (QED) is 0.0243. The van der Waals surface area contributed by atoms with Gasteiger partial charge in [0.05, 0.1) is 19.8 Å². The molecule has 0 aromatic carbocycles. The van der Waals surface area contributed by atoms with E-state index in [4.69, 9.17) is 19.1 Å². The molecule has 0 spiro atoms. The van der Waals surface area contributed by atoms with E-state index in [2.05, 4.69) is 54.8 Å². The second kappa shape index (κ2) is 36.5. The predicted octanol–water partition coefficient (Wildman–Crippen LogP) is 10.00. The van der Waals surface area contributed by atoms with E-state index >= 15 is 0 Å². The van der Waals surface area contributed by atoms with Crippen LogP contribution in [0.15, 0.2) is 36.5 Å². The number of ether oxygens (including phenoxy) is 2. The standard InChI is InChI=1S/C40H73O10P/c1-3-5-7-9-11-13-15-17-19-21-23-25-27-29-31-39(43)47-35-38(36-49-51(45,46)48-34-37(42)33-41)50-40(44)32-30-28-26-24-22-20-18-16-14-12-10-8-6-4-2/h10,12,15-18,37-38,41-42H,3-9,11,13-14,19-36H2,1-2H3,(H,45,46)/b12-10+,17-15+,18-16+/t37-,38+/m0/s1. The summed E-state index contributed by atoms with van der Waals surface area (Å²) in [5.41, 5.74) is 0. The average molecular weight is 745 g/mol. The van der Waals surface area contributed by atoms with Crippen molar-refractivity contribution >= 4 is 19.8 Å². The number of rotatable bonds is 37. The Hall–Kier alpha value is -1.81. The van der Waals surface area contributed by atoms with Gasteiger partial charge in [0, 0.05) is 12.8 Å². The minimum Gasteiger partial charge on any atom is -0.462 e. The van der Waals surface area contributed by atoms with Crippen molar-refractivity contribution in [3.63, 3.8) is 0 Å². The van der Waals surface area contributed by atoms with E-state index in [1.54, 1.807) is 0 Å². The van der Waals surface area contributed by atoms with Crippen LogP contribution in [0.25, 0.3) is 0 Å². The normalized spacial score (nSPS) is 14.4. The van der Waals surface area contributed by atoms with E-state index in [1.807, 2.05) is 0 Å². The van der Waals surface area contributed by atoms with Crippen molar-refractivity contribution in [2.45, 2.75) is 180 Å². The highest BCUT2D eigenvalue weighted by molar-refractivity contribution is 7.47. The maximum absolute atomic E-state index is 12.6. The number of hydrogen-bond donors (Lipinski definition) is 3. The van der Waals surface area contributed by atoms with Crippen molar-refractivity contribution in [1.82, 2.24) is 0 Å². The summed E-state index contributed by atoms with van der Waals surface area (Å²) < 4.78 is 32.6. The number of carbonyl (C=O) groups excluding carboxylic acids is 2. The van der Waals surface area contributed by atoms with Crippen molar-refractivity contribution in [3.8, 4) is 0 Å². The summed E-state index contributed by atoms with van der Waals surface area (Å²) >= 11 is 0. The van der Waals surface area contributed by atoms with E-state index in [0.29, 0.717) is 12.8 Å². The summed E-state index contributed by atoms with van der Waals surface area (Å²) in [4.78, 5) is 34.9. The summed E-state index contributed by atoms with van der Waals surface area (Å²) in [5.74, 6) is -0.952. The number of phosphoric ester groups is 1. The van der Waals surface area contributed by atoms with E-state index < -0.39 is 51.8 Å². The number of carbonyl (C=O) groups is 2. The summed E-state index contributed by atoms with van der Waals surface area (Å²) in [5, 5.41) is 18.3. The molecule has 0 heterocycles. The zero-order valence-corrected chi connectivity index (χ0v) is 33.0. The highest BCUT2D eigenvalue weighted by Gasteiger charge is 2.27. The number of aliphatic hydroxyl groups is 2. The maximum Gasteiger partial charge on any atom is 0.472 e. The molecular formula is C40H73O10P. The maximum atomic E-state index is 12.6. The lowest BCUT2D eigenvalue weighted by Crippen LogP contribution is -2.29. The van der Waals surface area contributed by atoms with Crippen LogP contribution in [-0.2, 0) is 32.7 Å². The minimum atomic E-state index is -4.62.